The Labute approximate surface area is 89.2 Å². The van der Waals surface area contributed by atoms with Crippen LogP contribution in [0.2, 0.25) is 0 Å². The fourth-order valence-electron chi connectivity index (χ4n) is 1.15. The molecule has 0 fully saturated rings. The zero-order valence-electron chi connectivity index (χ0n) is 8.34. The molecule has 0 aliphatic heterocycles. The summed E-state index contributed by atoms with van der Waals surface area (Å²) in [5.41, 5.74) is 2.97. The van der Waals surface area contributed by atoms with Crippen LogP contribution in [0.5, 0.6) is 0 Å². The highest BCUT2D eigenvalue weighted by atomic mass is 19.3. The Bertz CT molecular complexity index is 410. The van der Waals surface area contributed by atoms with Crippen LogP contribution < -0.4 is 5.73 Å². The second-order valence-corrected chi connectivity index (χ2v) is 2.81. The Morgan fingerprint density at radius 3 is 2.75 bits per heavy atom. The summed E-state index contributed by atoms with van der Waals surface area (Å²) < 4.78 is 42.8. The lowest BCUT2D eigenvalue weighted by atomic mass is 10.1. The van der Waals surface area contributed by atoms with E-state index >= 15 is 0 Å². The van der Waals surface area contributed by atoms with Gasteiger partial charge in [-0.05, 0) is 6.92 Å². The molecule has 4 nitrogen and oxygen atoms in total. The van der Waals surface area contributed by atoms with Crippen molar-refractivity contribution in [1.82, 2.24) is 4.98 Å². The van der Waals surface area contributed by atoms with E-state index in [9.17, 15) is 18.0 Å². The number of carbonyl (C=O) groups excluding carboxylic acids is 1. The summed E-state index contributed by atoms with van der Waals surface area (Å²) in [7, 11) is 0. The summed E-state index contributed by atoms with van der Waals surface area (Å²) in [6.07, 6.45) is -2.34. The van der Waals surface area contributed by atoms with Gasteiger partial charge in [0.15, 0.2) is 0 Å². The van der Waals surface area contributed by atoms with E-state index in [4.69, 9.17) is 5.73 Å². The molecule has 0 saturated carbocycles. The minimum absolute atomic E-state index is 0.0598. The van der Waals surface area contributed by atoms with E-state index in [1.165, 1.54) is 6.92 Å². The number of hydrogen-bond donors (Lipinski definition) is 1. The normalized spacial score (nSPS) is 10.6. The first-order chi connectivity index (χ1) is 7.49. The molecule has 0 radical (unpaired) electrons. The number of ether oxygens (including phenoxy) is 1. The number of nitrogens with two attached hydrogens (primary N) is 1. The van der Waals surface area contributed by atoms with Crippen LogP contribution in [-0.4, -0.2) is 17.6 Å². The molecule has 0 spiro atoms. The summed E-state index contributed by atoms with van der Waals surface area (Å²) >= 11 is 0. The van der Waals surface area contributed by atoms with Crippen molar-refractivity contribution in [3.63, 3.8) is 0 Å². The third-order valence-corrected chi connectivity index (χ3v) is 1.80. The molecule has 1 aromatic rings. The largest absolute Gasteiger partial charge is 0.462 e. The first kappa shape index (κ1) is 12.3. The summed E-state index contributed by atoms with van der Waals surface area (Å²) in [5.74, 6) is -2.52. The topological polar surface area (TPSA) is 65.2 Å². The van der Waals surface area contributed by atoms with Gasteiger partial charge in [-0.15, -0.1) is 0 Å². The lowest BCUT2D eigenvalue weighted by Crippen LogP contribution is -2.14. The van der Waals surface area contributed by atoms with Gasteiger partial charge in [-0.1, -0.05) is 0 Å². The number of nitrogens with zero attached hydrogens (tertiary/aromatic N) is 1. The molecule has 88 valence electrons. The average Bonchev–Trinajstić information content (AvgIpc) is 2.20. The molecule has 0 aliphatic rings. The third-order valence-electron chi connectivity index (χ3n) is 1.80. The Kier molecular flexibility index (Phi) is 3.70. The Hall–Kier alpha value is -1.79. The zero-order valence-corrected chi connectivity index (χ0v) is 8.34. The molecule has 0 aromatic carbocycles. The maximum atomic E-state index is 13.2. The van der Waals surface area contributed by atoms with Crippen LogP contribution in [0, 0.1) is 5.95 Å². The van der Waals surface area contributed by atoms with E-state index in [0.717, 1.165) is 6.20 Å². The number of hydrogen-bond acceptors (Lipinski definition) is 4. The van der Waals surface area contributed by atoms with Gasteiger partial charge in [-0.25, -0.2) is 18.6 Å². The number of esters is 1. The monoisotopic (exact) mass is 234 g/mol. The van der Waals surface area contributed by atoms with Crippen LogP contribution in [-0.2, 0) is 4.74 Å². The molecule has 1 heterocycles. The number of aromatic nitrogens is 1. The maximum Gasteiger partial charge on any atom is 0.343 e. The first-order valence-electron chi connectivity index (χ1n) is 4.38. The average molecular weight is 234 g/mol. The lowest BCUT2D eigenvalue weighted by Gasteiger charge is -2.10. The van der Waals surface area contributed by atoms with E-state index in [1.54, 1.807) is 0 Å². The highest BCUT2D eigenvalue weighted by Gasteiger charge is 2.27. The number of carbonyl (C=O) groups is 1. The number of pyridine rings is 1. The predicted molar refractivity (Wildman–Crippen MR) is 49.5 cm³/mol. The van der Waals surface area contributed by atoms with Crippen LogP contribution in [0.25, 0.3) is 0 Å². The van der Waals surface area contributed by atoms with Crippen molar-refractivity contribution in [2.24, 2.45) is 0 Å². The van der Waals surface area contributed by atoms with Gasteiger partial charge in [0.2, 0.25) is 5.95 Å². The maximum absolute atomic E-state index is 13.2. The minimum atomic E-state index is -3.07. The molecule has 16 heavy (non-hydrogen) atoms. The second-order valence-electron chi connectivity index (χ2n) is 2.81. The van der Waals surface area contributed by atoms with Gasteiger partial charge in [0.05, 0.1) is 24.1 Å². The number of rotatable bonds is 3. The smallest absolute Gasteiger partial charge is 0.343 e. The van der Waals surface area contributed by atoms with Gasteiger partial charge < -0.3 is 10.5 Å². The molecule has 1 aromatic heterocycles. The number of halogens is 3. The quantitative estimate of drug-likeness (QED) is 0.641. The Morgan fingerprint density at radius 2 is 2.25 bits per heavy atom. The predicted octanol–water partition coefficient (Wildman–Crippen LogP) is 1.92. The first-order valence-corrected chi connectivity index (χ1v) is 4.38. The van der Waals surface area contributed by atoms with E-state index in [2.05, 4.69) is 9.72 Å². The Morgan fingerprint density at radius 1 is 1.62 bits per heavy atom. The number of alkyl halides is 2. The second kappa shape index (κ2) is 4.82. The summed E-state index contributed by atoms with van der Waals surface area (Å²) in [6, 6.07) is 0. The van der Waals surface area contributed by atoms with Gasteiger partial charge in [0, 0.05) is 0 Å². The van der Waals surface area contributed by atoms with Crippen molar-refractivity contribution >= 4 is 11.7 Å². The summed E-state index contributed by atoms with van der Waals surface area (Å²) in [5, 5.41) is 0. The van der Waals surface area contributed by atoms with Gasteiger partial charge in [0.1, 0.15) is 5.56 Å². The van der Waals surface area contributed by atoms with Gasteiger partial charge in [0.25, 0.3) is 6.43 Å². The molecule has 7 heteroatoms. The van der Waals surface area contributed by atoms with Gasteiger partial charge in [-0.2, -0.15) is 4.39 Å². The molecule has 0 bridgehead atoms. The van der Waals surface area contributed by atoms with Crippen LogP contribution in [0.3, 0.4) is 0 Å². The molecule has 0 atom stereocenters. The highest BCUT2D eigenvalue weighted by molar-refractivity contribution is 5.92. The van der Waals surface area contributed by atoms with E-state index in [0.29, 0.717) is 0 Å². The van der Waals surface area contributed by atoms with Crippen molar-refractivity contribution in [3.8, 4) is 0 Å². The van der Waals surface area contributed by atoms with Crippen LogP contribution in [0.4, 0.5) is 18.9 Å². The van der Waals surface area contributed by atoms with Gasteiger partial charge in [-0.3, -0.25) is 0 Å². The highest BCUT2D eigenvalue weighted by Crippen LogP contribution is 2.29. The molecule has 0 aliphatic carbocycles. The van der Waals surface area contributed by atoms with Crippen LogP contribution in [0.1, 0.15) is 29.3 Å². The lowest BCUT2D eigenvalue weighted by molar-refractivity contribution is 0.0508. The van der Waals surface area contributed by atoms with Gasteiger partial charge >= 0.3 is 5.97 Å². The molecule has 0 amide bonds. The molecule has 2 N–H and O–H groups in total. The SMILES string of the molecule is CCOC(=O)c1c(F)ncc(N)c1C(F)F. The van der Waals surface area contributed by atoms with E-state index in [1.807, 2.05) is 0 Å². The minimum Gasteiger partial charge on any atom is -0.462 e. The van der Waals surface area contributed by atoms with Crippen molar-refractivity contribution in [3.05, 3.63) is 23.3 Å². The zero-order chi connectivity index (χ0) is 12.3. The fraction of sp³-hybridized carbons (Fsp3) is 0.333. The van der Waals surface area contributed by atoms with Crippen molar-refractivity contribution in [2.75, 3.05) is 12.3 Å². The molecule has 1 rings (SSSR count). The van der Waals surface area contributed by atoms with Crippen molar-refractivity contribution in [1.29, 1.82) is 0 Å². The molecular weight excluding hydrogens is 225 g/mol. The van der Waals surface area contributed by atoms with Crippen LogP contribution in [0.15, 0.2) is 6.20 Å². The van der Waals surface area contributed by atoms with Crippen molar-refractivity contribution in [2.45, 2.75) is 13.3 Å². The molecule has 0 unspecified atom stereocenters. The van der Waals surface area contributed by atoms with E-state index < -0.39 is 35.2 Å². The third kappa shape index (κ3) is 2.23. The number of anilines is 1. The summed E-state index contributed by atoms with van der Waals surface area (Å²) in [4.78, 5) is 14.4. The Balaban J connectivity index is 3.34. The number of nitrogen functional groups attached to an aromatic ring is 1. The fourth-order valence-corrected chi connectivity index (χ4v) is 1.15. The van der Waals surface area contributed by atoms with E-state index in [-0.39, 0.29) is 6.61 Å². The molecule has 0 saturated heterocycles. The van der Waals surface area contributed by atoms with Crippen molar-refractivity contribution < 1.29 is 22.7 Å². The van der Waals surface area contributed by atoms with Crippen LogP contribution >= 0.6 is 0 Å². The summed E-state index contributed by atoms with van der Waals surface area (Å²) in [6.45, 7) is 1.41. The molecular formula is C9H9F3N2O2. The standard InChI is InChI=1S/C9H9F3N2O2/c1-2-16-9(15)6-5(7(10)11)4(13)3-14-8(6)12/h3,7H,2,13H2,1H3.